The Balaban J connectivity index is 0.895. The van der Waals surface area contributed by atoms with Crippen molar-refractivity contribution in [1.29, 1.82) is 0 Å². The molecule has 9 nitrogen and oxygen atoms in total. The van der Waals surface area contributed by atoms with Crippen LogP contribution in [-0.4, -0.2) is 52.8 Å². The number of hydrogen-bond acceptors (Lipinski definition) is 8. The number of nitrogens with one attached hydrogen (secondary N) is 2. The van der Waals surface area contributed by atoms with Gasteiger partial charge in [-0.2, -0.15) is 0 Å². The number of nitrogens with zero attached hydrogens (tertiary/aromatic N) is 1. The van der Waals surface area contributed by atoms with Crippen LogP contribution in [0.15, 0.2) is 79.1 Å². The number of allylic oxidation sites excluding steroid dienone is 1. The topological polar surface area (TPSA) is 162 Å². The van der Waals surface area contributed by atoms with E-state index in [1.165, 1.54) is 92.9 Å². The molecular weight excluding hydrogens is 763 g/mol. The molecule has 11 rings (SSSR count). The van der Waals surface area contributed by atoms with E-state index in [2.05, 4.69) is 46.7 Å². The fraction of sp³-hybridized carbons (Fsp3) is 0.442. The summed E-state index contributed by atoms with van der Waals surface area (Å²) in [6.45, 7) is 0.720. The number of aromatic nitrogens is 2. The molecule has 61 heavy (non-hydrogen) atoms. The number of benzene rings is 4. The van der Waals surface area contributed by atoms with Crippen LogP contribution in [0.2, 0.25) is 0 Å². The number of aromatic amines is 1. The number of aliphatic hydroxyl groups excluding tert-OH is 1. The maximum Gasteiger partial charge on any atom is 0.169 e. The van der Waals surface area contributed by atoms with Gasteiger partial charge in [0, 0.05) is 35.2 Å². The van der Waals surface area contributed by atoms with Gasteiger partial charge < -0.3 is 40.9 Å². The van der Waals surface area contributed by atoms with Crippen LogP contribution in [0.5, 0.6) is 28.7 Å². The fourth-order valence-electron chi connectivity index (χ4n) is 15.0. The van der Waals surface area contributed by atoms with Crippen molar-refractivity contribution in [3.05, 3.63) is 118 Å². The lowest BCUT2D eigenvalue weighted by Crippen LogP contribution is -2.74. The molecule has 9 unspecified atom stereocenters. The SMILES string of the molecule is Oc1ccc(C=Cc2c(CCc3ccc(CNC4CCC5CCC6CCc7[nH]cnc7C47C4C(O)C=CC8CCCC84CCC657)cc3)c(O)c(O)c3c(O)cccc23)cc1O. The largest absolute Gasteiger partial charge is 0.507 e. The second kappa shape index (κ2) is 14.4. The zero-order valence-electron chi connectivity index (χ0n) is 34.7. The van der Waals surface area contributed by atoms with E-state index in [0.717, 1.165) is 24.9 Å². The van der Waals surface area contributed by atoms with Crippen LogP contribution in [-0.2, 0) is 31.2 Å². The second-order valence-corrected chi connectivity index (χ2v) is 19.4. The molecule has 0 aliphatic heterocycles. The van der Waals surface area contributed by atoms with Gasteiger partial charge in [0.05, 0.1) is 23.5 Å². The first-order valence-electron chi connectivity index (χ1n) is 22.7. The summed E-state index contributed by atoms with van der Waals surface area (Å²) in [7, 11) is 0. The third-order valence-electron chi connectivity index (χ3n) is 17.3. The highest BCUT2D eigenvalue weighted by atomic mass is 16.3. The molecule has 9 heteroatoms. The van der Waals surface area contributed by atoms with Gasteiger partial charge in [-0.1, -0.05) is 73.2 Å². The quantitative estimate of drug-likeness (QED) is 0.0437. The number of phenolic OH excluding ortho intramolecular Hbond substituents is 5. The number of aryl methyl sites for hydroxylation is 2. The summed E-state index contributed by atoms with van der Waals surface area (Å²) in [6.07, 6.45) is 23.9. The highest BCUT2D eigenvalue weighted by Crippen LogP contribution is 2.78. The molecule has 316 valence electrons. The summed E-state index contributed by atoms with van der Waals surface area (Å²) in [5.74, 6) is 0.756. The van der Waals surface area contributed by atoms with E-state index in [4.69, 9.17) is 4.98 Å². The van der Waals surface area contributed by atoms with Crippen molar-refractivity contribution >= 4 is 22.9 Å². The van der Waals surface area contributed by atoms with E-state index in [1.54, 1.807) is 24.3 Å². The first kappa shape index (κ1) is 38.7. The Morgan fingerprint density at radius 2 is 1.56 bits per heavy atom. The summed E-state index contributed by atoms with van der Waals surface area (Å²) in [6, 6.07) is 18.5. The molecule has 1 aromatic heterocycles. The molecule has 0 saturated heterocycles. The lowest BCUT2D eigenvalue weighted by Gasteiger charge is -2.71. The van der Waals surface area contributed by atoms with E-state index in [1.807, 2.05) is 12.4 Å². The Labute approximate surface area is 356 Å². The van der Waals surface area contributed by atoms with Crippen LogP contribution in [0, 0.1) is 34.5 Å². The Kier molecular flexibility index (Phi) is 9.14. The van der Waals surface area contributed by atoms with Crippen molar-refractivity contribution in [2.24, 2.45) is 34.5 Å². The van der Waals surface area contributed by atoms with Gasteiger partial charge in [-0.15, -0.1) is 0 Å². The van der Waals surface area contributed by atoms with Gasteiger partial charge in [-0.3, -0.25) is 0 Å². The van der Waals surface area contributed by atoms with Gasteiger partial charge in [0.1, 0.15) is 5.75 Å². The lowest BCUT2D eigenvalue weighted by molar-refractivity contribution is -0.195. The third-order valence-corrected chi connectivity index (χ3v) is 17.3. The van der Waals surface area contributed by atoms with Gasteiger partial charge in [0.15, 0.2) is 23.0 Å². The zero-order chi connectivity index (χ0) is 41.7. The Hall–Kier alpha value is -5.25. The molecule has 2 spiro atoms. The van der Waals surface area contributed by atoms with E-state index < -0.39 is 6.10 Å². The van der Waals surface area contributed by atoms with Crippen LogP contribution >= 0.6 is 0 Å². The number of aromatic hydroxyl groups is 5. The van der Waals surface area contributed by atoms with Gasteiger partial charge in [-0.05, 0) is 151 Å². The van der Waals surface area contributed by atoms with Crippen LogP contribution in [0.1, 0.15) is 103 Å². The smallest absolute Gasteiger partial charge is 0.169 e. The molecule has 0 amide bonds. The molecule has 6 aliphatic rings. The van der Waals surface area contributed by atoms with Crippen molar-refractivity contribution in [2.45, 2.75) is 108 Å². The highest BCUT2D eigenvalue weighted by Gasteiger charge is 2.77. The standard InChI is InChI=1S/C52H57N3O6/c56-40-21-12-31(27-43(40)59)11-18-36-37-4-1-5-41(57)45(37)47(61)46(60)38(36)19-10-30-6-8-32(9-7-30)28-53-44-23-17-35-14-13-34-15-20-39-49(55-29-54-39)52(44)48-42(58)22-16-33-3-2-24-50(33,48)25-26-51(34,35)52/h1,4-9,11-12,16,18,21-22,27,29,33-35,42,44,48,53,56-61H,2-3,10,13-15,17,19-20,23-26,28H2,(H,54,55). The Bertz CT molecular complexity index is 2580. The molecule has 0 radical (unpaired) electrons. The van der Waals surface area contributed by atoms with E-state index in [-0.39, 0.29) is 62.3 Å². The van der Waals surface area contributed by atoms with Crippen molar-refractivity contribution in [3.63, 3.8) is 0 Å². The zero-order valence-corrected chi connectivity index (χ0v) is 34.7. The molecule has 0 bridgehead atoms. The average Bonchev–Trinajstić information content (AvgIpc) is 3.99. The number of imidazole rings is 1. The minimum Gasteiger partial charge on any atom is -0.507 e. The number of rotatable bonds is 8. The van der Waals surface area contributed by atoms with Gasteiger partial charge in [0.2, 0.25) is 0 Å². The monoisotopic (exact) mass is 819 g/mol. The molecule has 8 N–H and O–H groups in total. The van der Waals surface area contributed by atoms with Gasteiger partial charge in [-0.25, -0.2) is 4.98 Å². The van der Waals surface area contributed by atoms with Gasteiger partial charge in [0.25, 0.3) is 0 Å². The Morgan fingerprint density at radius 3 is 2.39 bits per heavy atom. The minimum absolute atomic E-state index is 0.109. The van der Waals surface area contributed by atoms with Crippen LogP contribution in [0.3, 0.4) is 0 Å². The Morgan fingerprint density at radius 1 is 0.754 bits per heavy atom. The molecule has 1 heterocycles. The summed E-state index contributed by atoms with van der Waals surface area (Å²) >= 11 is 0. The summed E-state index contributed by atoms with van der Waals surface area (Å²) in [5, 5.41) is 70.6. The summed E-state index contributed by atoms with van der Waals surface area (Å²) in [5.41, 5.74) is 6.68. The van der Waals surface area contributed by atoms with Crippen molar-refractivity contribution < 1.29 is 30.6 Å². The molecular formula is C52H57N3O6. The van der Waals surface area contributed by atoms with Crippen LogP contribution in [0.4, 0.5) is 0 Å². The number of phenols is 5. The first-order valence-corrected chi connectivity index (χ1v) is 22.7. The van der Waals surface area contributed by atoms with E-state index in [9.17, 15) is 30.6 Å². The minimum atomic E-state index is -0.482. The van der Waals surface area contributed by atoms with E-state index in [0.29, 0.717) is 52.7 Å². The van der Waals surface area contributed by atoms with Crippen LogP contribution in [0.25, 0.3) is 22.9 Å². The molecule has 9 atom stereocenters. The summed E-state index contributed by atoms with van der Waals surface area (Å²) < 4.78 is 0. The molecule has 4 fully saturated rings. The predicted molar refractivity (Wildman–Crippen MR) is 236 cm³/mol. The normalized spacial score (nSPS) is 32.3. The summed E-state index contributed by atoms with van der Waals surface area (Å²) in [4.78, 5) is 8.98. The fourth-order valence-corrected chi connectivity index (χ4v) is 15.0. The number of aliphatic hydroxyl groups is 1. The third kappa shape index (κ3) is 5.55. The number of fused-ring (bicyclic) bond motifs is 2. The highest BCUT2D eigenvalue weighted by molar-refractivity contribution is 6.03. The van der Waals surface area contributed by atoms with Crippen molar-refractivity contribution in [1.82, 2.24) is 15.3 Å². The van der Waals surface area contributed by atoms with Crippen LogP contribution < -0.4 is 5.32 Å². The van der Waals surface area contributed by atoms with E-state index >= 15 is 0 Å². The average molecular weight is 820 g/mol. The molecule has 6 aliphatic carbocycles. The first-order chi connectivity index (χ1) is 29.7. The van der Waals surface area contributed by atoms with Gasteiger partial charge >= 0.3 is 0 Å². The van der Waals surface area contributed by atoms with Crippen molar-refractivity contribution in [3.8, 4) is 28.7 Å². The predicted octanol–water partition coefficient (Wildman–Crippen LogP) is 9.32. The molecule has 5 aromatic rings. The molecule has 4 saturated carbocycles. The maximum absolute atomic E-state index is 12.4. The number of hydrogen-bond donors (Lipinski definition) is 8. The number of H-pyrrole nitrogens is 1. The lowest BCUT2D eigenvalue weighted by atomic mass is 9.33. The maximum atomic E-state index is 12.4. The second-order valence-electron chi connectivity index (χ2n) is 19.4. The van der Waals surface area contributed by atoms with Crippen molar-refractivity contribution in [2.75, 3.05) is 0 Å². The molecule has 4 aromatic carbocycles.